The van der Waals surface area contributed by atoms with Crippen LogP contribution in [0.1, 0.15) is 33.4 Å². The van der Waals surface area contributed by atoms with Crippen LogP contribution in [0.25, 0.3) is 0 Å². The van der Waals surface area contributed by atoms with E-state index in [0.717, 1.165) is 34.5 Å². The van der Waals surface area contributed by atoms with Gasteiger partial charge in [-0.3, -0.25) is 0 Å². The third kappa shape index (κ3) is 3.55. The van der Waals surface area contributed by atoms with Gasteiger partial charge in [0.15, 0.2) is 16.9 Å². The minimum Gasteiger partial charge on any atom is -0.491 e. The quantitative estimate of drug-likeness (QED) is 0.269. The molecule has 3 aliphatic heterocycles. The van der Waals surface area contributed by atoms with Crippen LogP contribution in [0.3, 0.4) is 0 Å². The number of halogens is 3. The van der Waals surface area contributed by atoms with Gasteiger partial charge in [0.05, 0.1) is 5.56 Å². The van der Waals surface area contributed by atoms with Gasteiger partial charge in [-0.25, -0.2) is 9.28 Å². The van der Waals surface area contributed by atoms with Crippen LogP contribution in [0, 0.1) is 6.92 Å². The van der Waals surface area contributed by atoms with Gasteiger partial charge in [0.25, 0.3) is 0 Å². The van der Waals surface area contributed by atoms with Gasteiger partial charge in [-0.05, 0) is 31.2 Å². The minimum absolute atomic E-state index is 0.0909. The summed E-state index contributed by atoms with van der Waals surface area (Å²) in [5.74, 6) is 1.60. The summed E-state index contributed by atoms with van der Waals surface area (Å²) in [6, 6.07) is 24.4. The van der Waals surface area contributed by atoms with E-state index in [-0.39, 0.29) is 30.3 Å². The number of amides is 1. The molecule has 0 bridgehead atoms. The number of fused-ring (bicyclic) bond motifs is 5. The van der Waals surface area contributed by atoms with Gasteiger partial charge in [0.2, 0.25) is 6.79 Å². The molecule has 5 nitrogen and oxygen atoms in total. The number of alkyl halides is 3. The molecule has 1 amide bonds. The maximum atomic E-state index is 15.1. The molecule has 8 heteroatoms. The molecule has 2 atom stereocenters. The second kappa shape index (κ2) is 8.60. The van der Waals surface area contributed by atoms with Gasteiger partial charge < -0.3 is 14.2 Å². The molecule has 0 saturated carbocycles. The van der Waals surface area contributed by atoms with Crippen LogP contribution in [0.5, 0.6) is 17.2 Å². The molecule has 0 aliphatic carbocycles. The topological polar surface area (TPSA) is 44.8 Å². The van der Waals surface area contributed by atoms with E-state index in [4.69, 9.17) is 14.2 Å². The number of carbonyl (C=O) groups excluding carboxylic acids is 1. The van der Waals surface area contributed by atoms with Crippen LogP contribution < -0.4 is 18.7 Å². The molecule has 0 N–H and O–H groups in total. The van der Waals surface area contributed by atoms with Crippen LogP contribution in [-0.4, -0.2) is 19.3 Å². The Labute approximate surface area is 228 Å². The predicted octanol–water partition coefficient (Wildman–Crippen LogP) is 6.67. The summed E-state index contributed by atoms with van der Waals surface area (Å²) in [5, 5.41) is 0. The summed E-state index contributed by atoms with van der Waals surface area (Å²) in [4.78, 5) is 15.1. The molecule has 0 radical (unpaired) electrons. The first kappa shape index (κ1) is 24.7. The third-order valence-corrected chi connectivity index (χ3v) is 8.26. The van der Waals surface area contributed by atoms with Crippen molar-refractivity contribution in [1.29, 1.82) is 0 Å². The Bertz CT molecular complexity index is 1650. The van der Waals surface area contributed by atoms with Crippen LogP contribution in [0.2, 0.25) is 0 Å². The average Bonchev–Trinajstić information content (AvgIpc) is 3.61. The summed E-state index contributed by atoms with van der Waals surface area (Å²) < 4.78 is 57.2. The van der Waals surface area contributed by atoms with Crippen molar-refractivity contribution in [2.24, 2.45) is 0 Å². The number of rotatable bonds is 4. The maximum absolute atomic E-state index is 15.1. The fraction of sp³-hybridized carbons (Fsp3) is 0.219. The van der Waals surface area contributed by atoms with Crippen molar-refractivity contribution in [3.63, 3.8) is 0 Å². The van der Waals surface area contributed by atoms with E-state index in [1.165, 1.54) is 12.1 Å². The SMILES string of the molecule is Cc1ccc(C[N+]2(Cc3ccc(C(F)(F)F)cc3)C(=O)C3(COc4cc5c(cc43)OCO5)c3ccccc32)cc1. The number of nitrogens with zero attached hydrogens (tertiary/aromatic N) is 1. The summed E-state index contributed by atoms with van der Waals surface area (Å²) in [7, 11) is 0. The zero-order valence-corrected chi connectivity index (χ0v) is 21.6. The van der Waals surface area contributed by atoms with E-state index in [0.29, 0.717) is 34.9 Å². The lowest BCUT2D eigenvalue weighted by molar-refractivity contribution is -0.138. The highest BCUT2D eigenvalue weighted by Crippen LogP contribution is 2.58. The Balaban J connectivity index is 1.41. The molecule has 4 aromatic rings. The van der Waals surface area contributed by atoms with E-state index in [1.807, 2.05) is 61.5 Å². The minimum atomic E-state index is -4.44. The summed E-state index contributed by atoms with van der Waals surface area (Å²) in [6.07, 6.45) is -4.44. The lowest BCUT2D eigenvalue weighted by Gasteiger charge is -2.34. The van der Waals surface area contributed by atoms with E-state index in [2.05, 4.69) is 0 Å². The molecule has 40 heavy (non-hydrogen) atoms. The zero-order chi connectivity index (χ0) is 27.7. The first-order chi connectivity index (χ1) is 19.2. The number of quaternary nitrogens is 1. The van der Waals surface area contributed by atoms with Crippen molar-refractivity contribution in [1.82, 2.24) is 4.48 Å². The van der Waals surface area contributed by atoms with Crippen LogP contribution in [0.15, 0.2) is 84.9 Å². The summed E-state index contributed by atoms with van der Waals surface area (Å²) in [5.41, 5.74) is 3.19. The number of benzene rings is 4. The van der Waals surface area contributed by atoms with E-state index in [1.54, 1.807) is 6.07 Å². The van der Waals surface area contributed by atoms with Crippen LogP contribution in [-0.2, 0) is 29.5 Å². The average molecular weight is 545 g/mol. The highest BCUT2D eigenvalue weighted by molar-refractivity contribution is 6.08. The Hall–Kier alpha value is -4.30. The lowest BCUT2D eigenvalue weighted by atomic mass is 9.77. The third-order valence-electron chi connectivity index (χ3n) is 8.26. The zero-order valence-electron chi connectivity index (χ0n) is 21.6. The first-order valence-corrected chi connectivity index (χ1v) is 13.0. The number of ether oxygens (including phenoxy) is 3. The van der Waals surface area contributed by atoms with Crippen molar-refractivity contribution < 1.29 is 32.2 Å². The Morgan fingerprint density at radius 2 is 1.40 bits per heavy atom. The number of hydrogen-bond acceptors (Lipinski definition) is 4. The molecule has 0 aromatic heterocycles. The number of aryl methyl sites for hydroxylation is 1. The van der Waals surface area contributed by atoms with Crippen molar-refractivity contribution >= 4 is 11.6 Å². The smallest absolute Gasteiger partial charge is 0.416 e. The monoisotopic (exact) mass is 544 g/mol. The second-order valence-corrected chi connectivity index (χ2v) is 10.7. The summed E-state index contributed by atoms with van der Waals surface area (Å²) >= 11 is 0. The fourth-order valence-corrected chi connectivity index (χ4v) is 6.32. The number of hydrogen-bond donors (Lipinski definition) is 0. The van der Waals surface area contributed by atoms with E-state index in [9.17, 15) is 13.2 Å². The molecule has 4 aromatic carbocycles. The molecule has 0 saturated heterocycles. The molecule has 7 rings (SSSR count). The van der Waals surface area contributed by atoms with Gasteiger partial charge >= 0.3 is 12.1 Å². The van der Waals surface area contributed by atoms with Crippen molar-refractivity contribution in [3.8, 4) is 17.2 Å². The molecular formula is C32H25F3NO4+. The normalized spacial score (nSPS) is 22.4. The van der Waals surface area contributed by atoms with Crippen LogP contribution in [0.4, 0.5) is 18.9 Å². The highest BCUT2D eigenvalue weighted by Gasteiger charge is 2.66. The lowest BCUT2D eigenvalue weighted by Crippen LogP contribution is -2.56. The van der Waals surface area contributed by atoms with Crippen LogP contribution >= 0.6 is 0 Å². The molecule has 3 aliphatic rings. The van der Waals surface area contributed by atoms with Gasteiger partial charge in [-0.2, -0.15) is 13.2 Å². The van der Waals surface area contributed by atoms with E-state index >= 15 is 4.79 Å². The molecule has 3 heterocycles. The molecule has 1 spiro atoms. The second-order valence-electron chi connectivity index (χ2n) is 10.7. The molecule has 0 fully saturated rings. The molecular weight excluding hydrogens is 519 g/mol. The molecule has 202 valence electrons. The Morgan fingerprint density at radius 1 is 0.775 bits per heavy atom. The highest BCUT2D eigenvalue weighted by atomic mass is 19.4. The van der Waals surface area contributed by atoms with E-state index < -0.39 is 17.2 Å². The van der Waals surface area contributed by atoms with Crippen molar-refractivity contribution in [2.45, 2.75) is 31.6 Å². The Morgan fingerprint density at radius 3 is 2.08 bits per heavy atom. The van der Waals surface area contributed by atoms with Crippen molar-refractivity contribution in [3.05, 3.63) is 118 Å². The Kier molecular flexibility index (Phi) is 5.31. The standard InChI is InChI=1S/C32H25F3NO4/c1-20-6-8-21(9-7-20)16-36(17-22-10-12-23(13-11-22)32(33,34)35)26-5-3-2-4-24(26)31(30(36)37)18-38-27-15-29-28(14-25(27)31)39-19-40-29/h2-15H,16-19H2,1H3/q+1. The predicted molar refractivity (Wildman–Crippen MR) is 142 cm³/mol. The number of carbonyl (C=O) groups is 1. The maximum Gasteiger partial charge on any atom is 0.416 e. The van der Waals surface area contributed by atoms with Gasteiger partial charge in [0, 0.05) is 28.3 Å². The van der Waals surface area contributed by atoms with Gasteiger partial charge in [-0.15, -0.1) is 0 Å². The fourth-order valence-electron chi connectivity index (χ4n) is 6.32. The number of para-hydroxylation sites is 1. The molecule has 2 unspecified atom stereocenters. The van der Waals surface area contributed by atoms with Crippen molar-refractivity contribution in [2.75, 3.05) is 13.4 Å². The first-order valence-electron chi connectivity index (χ1n) is 13.0. The largest absolute Gasteiger partial charge is 0.491 e. The van der Waals surface area contributed by atoms with Gasteiger partial charge in [-0.1, -0.05) is 60.2 Å². The van der Waals surface area contributed by atoms with Gasteiger partial charge in [0.1, 0.15) is 31.1 Å². The summed E-state index contributed by atoms with van der Waals surface area (Å²) in [6.45, 7) is 2.72.